The topological polar surface area (TPSA) is 0 Å². The van der Waals surface area contributed by atoms with Gasteiger partial charge in [0.1, 0.15) is 0 Å². The standard InChI is InChI=1S/C10H12Br/c1-2-3-6-9-7-4-5-8-10(9)11/h2,4-5,7-8H,3,6H2,1H3. The zero-order chi connectivity index (χ0) is 8.10. The van der Waals surface area contributed by atoms with Crippen molar-refractivity contribution in [3.8, 4) is 0 Å². The molecule has 0 atom stereocenters. The smallest absolute Gasteiger partial charge is 0.0207 e. The van der Waals surface area contributed by atoms with Crippen molar-refractivity contribution in [1.29, 1.82) is 0 Å². The quantitative estimate of drug-likeness (QED) is 0.717. The summed E-state index contributed by atoms with van der Waals surface area (Å²) in [6.45, 7) is 2.09. The van der Waals surface area contributed by atoms with E-state index in [4.69, 9.17) is 0 Å². The minimum Gasteiger partial charge on any atom is -0.0622 e. The predicted molar refractivity (Wildman–Crippen MR) is 52.4 cm³/mol. The third-order valence-corrected chi connectivity index (χ3v) is 2.43. The SMILES string of the molecule is C[CH]CCc1ccccc1Br. The summed E-state index contributed by atoms with van der Waals surface area (Å²) in [7, 11) is 0. The minimum absolute atomic E-state index is 1.14. The van der Waals surface area contributed by atoms with Crippen LogP contribution in [0, 0.1) is 6.42 Å². The van der Waals surface area contributed by atoms with Crippen LogP contribution in [-0.4, -0.2) is 0 Å². The fourth-order valence-corrected chi connectivity index (χ4v) is 1.48. The monoisotopic (exact) mass is 211 g/mol. The molecule has 0 aliphatic carbocycles. The molecule has 0 aliphatic rings. The maximum Gasteiger partial charge on any atom is 0.0207 e. The molecular weight excluding hydrogens is 200 g/mol. The van der Waals surface area contributed by atoms with Crippen LogP contribution >= 0.6 is 15.9 Å². The van der Waals surface area contributed by atoms with Crippen molar-refractivity contribution in [3.63, 3.8) is 0 Å². The van der Waals surface area contributed by atoms with E-state index >= 15 is 0 Å². The Hall–Kier alpha value is -0.300. The Morgan fingerprint density at radius 3 is 2.73 bits per heavy atom. The fourth-order valence-electron chi connectivity index (χ4n) is 1.00. The van der Waals surface area contributed by atoms with Crippen molar-refractivity contribution >= 4 is 15.9 Å². The van der Waals surface area contributed by atoms with Gasteiger partial charge in [-0.2, -0.15) is 0 Å². The van der Waals surface area contributed by atoms with E-state index in [1.165, 1.54) is 10.0 Å². The van der Waals surface area contributed by atoms with E-state index in [1.807, 2.05) is 6.07 Å². The van der Waals surface area contributed by atoms with Crippen LogP contribution in [-0.2, 0) is 6.42 Å². The zero-order valence-corrected chi connectivity index (χ0v) is 8.26. The molecule has 1 aromatic rings. The van der Waals surface area contributed by atoms with Crippen molar-refractivity contribution < 1.29 is 0 Å². The number of aryl methyl sites for hydroxylation is 1. The number of rotatable bonds is 3. The average Bonchev–Trinajstić information content (AvgIpc) is 2.03. The Labute approximate surface area is 76.8 Å². The molecule has 0 spiro atoms. The summed E-state index contributed by atoms with van der Waals surface area (Å²) < 4.78 is 1.22. The van der Waals surface area contributed by atoms with Crippen LogP contribution < -0.4 is 0 Å². The molecule has 1 rings (SSSR count). The molecule has 1 heteroatoms. The van der Waals surface area contributed by atoms with Gasteiger partial charge in [0.05, 0.1) is 0 Å². The number of benzene rings is 1. The Balaban J connectivity index is 2.62. The summed E-state index contributed by atoms with van der Waals surface area (Å²) in [6, 6.07) is 8.37. The lowest BCUT2D eigenvalue weighted by Gasteiger charge is -2.01. The first kappa shape index (κ1) is 8.79. The van der Waals surface area contributed by atoms with E-state index in [0.717, 1.165) is 12.8 Å². The highest BCUT2D eigenvalue weighted by atomic mass is 79.9. The molecule has 0 N–H and O–H groups in total. The van der Waals surface area contributed by atoms with Gasteiger partial charge in [0.15, 0.2) is 0 Å². The average molecular weight is 212 g/mol. The van der Waals surface area contributed by atoms with Gasteiger partial charge in [-0.05, 0) is 30.9 Å². The molecule has 0 saturated carbocycles. The van der Waals surface area contributed by atoms with Gasteiger partial charge in [-0.15, -0.1) is 0 Å². The highest BCUT2D eigenvalue weighted by Gasteiger charge is 1.95. The van der Waals surface area contributed by atoms with Gasteiger partial charge in [0.2, 0.25) is 0 Å². The van der Waals surface area contributed by atoms with Gasteiger partial charge in [-0.3, -0.25) is 0 Å². The molecule has 11 heavy (non-hydrogen) atoms. The van der Waals surface area contributed by atoms with Crippen LogP contribution in [0.25, 0.3) is 0 Å². The van der Waals surface area contributed by atoms with Gasteiger partial charge in [-0.25, -0.2) is 0 Å². The van der Waals surface area contributed by atoms with E-state index in [2.05, 4.69) is 47.5 Å². The molecule has 0 fully saturated rings. The molecule has 1 aromatic carbocycles. The number of unbranched alkanes of at least 4 members (excludes halogenated alkanes) is 1. The molecule has 0 aromatic heterocycles. The van der Waals surface area contributed by atoms with Crippen molar-refractivity contribution in [2.45, 2.75) is 19.8 Å². The highest BCUT2D eigenvalue weighted by molar-refractivity contribution is 9.10. The Bertz CT molecular complexity index is 218. The Morgan fingerprint density at radius 2 is 2.09 bits per heavy atom. The van der Waals surface area contributed by atoms with E-state index in [1.54, 1.807) is 0 Å². The lowest BCUT2D eigenvalue weighted by molar-refractivity contribution is 0.932. The van der Waals surface area contributed by atoms with E-state index < -0.39 is 0 Å². The second kappa shape index (κ2) is 4.55. The lowest BCUT2D eigenvalue weighted by atomic mass is 10.1. The molecule has 59 valence electrons. The fraction of sp³-hybridized carbons (Fsp3) is 0.300. The molecule has 0 nitrogen and oxygen atoms in total. The second-order valence-corrected chi connectivity index (χ2v) is 3.39. The first-order valence-corrected chi connectivity index (χ1v) is 4.65. The van der Waals surface area contributed by atoms with Gasteiger partial charge >= 0.3 is 0 Å². The Kier molecular flexibility index (Phi) is 3.64. The van der Waals surface area contributed by atoms with E-state index in [-0.39, 0.29) is 0 Å². The van der Waals surface area contributed by atoms with Crippen LogP contribution in [0.4, 0.5) is 0 Å². The summed E-state index contributed by atoms with van der Waals surface area (Å²) in [5.41, 5.74) is 1.39. The molecule has 0 heterocycles. The first-order chi connectivity index (χ1) is 5.34. The van der Waals surface area contributed by atoms with Gasteiger partial charge < -0.3 is 0 Å². The number of hydrogen-bond acceptors (Lipinski definition) is 0. The van der Waals surface area contributed by atoms with Crippen molar-refractivity contribution in [3.05, 3.63) is 40.7 Å². The van der Waals surface area contributed by atoms with E-state index in [9.17, 15) is 0 Å². The normalized spacial score (nSPS) is 10.0. The molecular formula is C10H12Br. The molecule has 0 bridgehead atoms. The van der Waals surface area contributed by atoms with Crippen molar-refractivity contribution in [1.82, 2.24) is 0 Å². The third kappa shape index (κ3) is 2.66. The Morgan fingerprint density at radius 1 is 1.36 bits per heavy atom. The van der Waals surface area contributed by atoms with Crippen molar-refractivity contribution in [2.75, 3.05) is 0 Å². The minimum atomic E-state index is 1.14. The summed E-state index contributed by atoms with van der Waals surface area (Å²) in [6.07, 6.45) is 4.49. The largest absolute Gasteiger partial charge is 0.0622 e. The molecule has 0 aliphatic heterocycles. The maximum atomic E-state index is 3.51. The van der Waals surface area contributed by atoms with Crippen LogP contribution in [0.15, 0.2) is 28.7 Å². The summed E-state index contributed by atoms with van der Waals surface area (Å²) in [5.74, 6) is 0. The lowest BCUT2D eigenvalue weighted by Crippen LogP contribution is -1.85. The maximum absolute atomic E-state index is 3.51. The number of halogens is 1. The van der Waals surface area contributed by atoms with Crippen LogP contribution in [0.3, 0.4) is 0 Å². The van der Waals surface area contributed by atoms with Crippen molar-refractivity contribution in [2.24, 2.45) is 0 Å². The van der Waals surface area contributed by atoms with Crippen LogP contribution in [0.5, 0.6) is 0 Å². The molecule has 1 radical (unpaired) electrons. The zero-order valence-electron chi connectivity index (χ0n) is 6.68. The second-order valence-electron chi connectivity index (χ2n) is 2.54. The van der Waals surface area contributed by atoms with Crippen LogP contribution in [0.2, 0.25) is 0 Å². The predicted octanol–water partition coefficient (Wildman–Crippen LogP) is 3.61. The molecule has 0 unspecified atom stereocenters. The molecule has 0 saturated heterocycles. The van der Waals surface area contributed by atoms with Gasteiger partial charge in [-0.1, -0.05) is 41.1 Å². The highest BCUT2D eigenvalue weighted by Crippen LogP contribution is 2.17. The summed E-state index contributed by atoms with van der Waals surface area (Å²) in [5, 5.41) is 0. The van der Waals surface area contributed by atoms with E-state index in [0.29, 0.717) is 0 Å². The van der Waals surface area contributed by atoms with Gasteiger partial charge in [0, 0.05) is 4.47 Å². The summed E-state index contributed by atoms with van der Waals surface area (Å²) >= 11 is 3.51. The first-order valence-electron chi connectivity index (χ1n) is 3.86. The molecule has 0 amide bonds. The number of hydrogen-bond donors (Lipinski definition) is 0. The summed E-state index contributed by atoms with van der Waals surface area (Å²) in [4.78, 5) is 0. The third-order valence-electron chi connectivity index (χ3n) is 1.66. The van der Waals surface area contributed by atoms with Gasteiger partial charge in [0.25, 0.3) is 0 Å². The van der Waals surface area contributed by atoms with Crippen LogP contribution in [0.1, 0.15) is 18.9 Å².